The van der Waals surface area contributed by atoms with Gasteiger partial charge < -0.3 is 15.8 Å². The van der Waals surface area contributed by atoms with Crippen LogP contribution in [0.2, 0.25) is 0 Å². The van der Waals surface area contributed by atoms with Crippen LogP contribution in [0.3, 0.4) is 0 Å². The number of carbonyl (C=O) groups is 1. The first-order valence-electron chi connectivity index (χ1n) is 9.40. The molecule has 4 nitrogen and oxygen atoms in total. The normalized spacial score (nSPS) is 22.3. The van der Waals surface area contributed by atoms with Gasteiger partial charge in [-0.1, -0.05) is 30.3 Å². The molecule has 31 heavy (non-hydrogen) atoms. The van der Waals surface area contributed by atoms with Gasteiger partial charge in [0, 0.05) is 0 Å². The highest BCUT2D eigenvalue weighted by Crippen LogP contribution is 2.37. The number of hydrogen-bond donors (Lipinski definition) is 2. The van der Waals surface area contributed by atoms with E-state index in [0.29, 0.717) is 30.5 Å². The van der Waals surface area contributed by atoms with Gasteiger partial charge in [-0.25, -0.2) is 0 Å². The molecule has 10 heteroatoms. The fourth-order valence-corrected chi connectivity index (χ4v) is 3.54. The molecule has 0 bridgehead atoms. The van der Waals surface area contributed by atoms with Crippen LogP contribution < -0.4 is 11.1 Å². The maximum atomic E-state index is 13.0. The number of nitrogens with two attached hydrogens (primary N) is 1. The molecule has 0 spiro atoms. The Bertz CT molecular complexity index is 897. The minimum Gasteiger partial charge on any atom is -0.374 e. The Kier molecular flexibility index (Phi) is 6.33. The van der Waals surface area contributed by atoms with E-state index < -0.39 is 47.6 Å². The van der Waals surface area contributed by atoms with Crippen molar-refractivity contribution in [3.8, 4) is 0 Å². The third kappa shape index (κ3) is 5.37. The lowest BCUT2D eigenvalue weighted by molar-refractivity contribution is -0.143. The summed E-state index contributed by atoms with van der Waals surface area (Å²) in [5, 5.41) is 2.80. The van der Waals surface area contributed by atoms with E-state index >= 15 is 0 Å². The van der Waals surface area contributed by atoms with Crippen LogP contribution in [-0.4, -0.2) is 18.6 Å². The molecule has 3 N–H and O–H groups in total. The van der Waals surface area contributed by atoms with Crippen molar-refractivity contribution in [2.45, 2.75) is 43.4 Å². The first-order chi connectivity index (χ1) is 14.4. The predicted molar refractivity (Wildman–Crippen MR) is 99.6 cm³/mol. The number of carbonyl (C=O) groups excluding carboxylic acids is 1. The molecule has 0 radical (unpaired) electrons. The van der Waals surface area contributed by atoms with Crippen molar-refractivity contribution in [2.75, 3.05) is 6.61 Å². The van der Waals surface area contributed by atoms with Gasteiger partial charge >= 0.3 is 12.4 Å². The van der Waals surface area contributed by atoms with Gasteiger partial charge in [0.1, 0.15) is 0 Å². The highest BCUT2D eigenvalue weighted by Gasteiger charge is 2.40. The van der Waals surface area contributed by atoms with E-state index in [4.69, 9.17) is 10.5 Å². The van der Waals surface area contributed by atoms with Crippen LogP contribution in [0, 0.1) is 0 Å². The van der Waals surface area contributed by atoms with Crippen LogP contribution in [0.1, 0.15) is 35.1 Å². The Morgan fingerprint density at radius 3 is 2.10 bits per heavy atom. The van der Waals surface area contributed by atoms with Crippen molar-refractivity contribution in [2.24, 2.45) is 5.73 Å². The van der Waals surface area contributed by atoms with Crippen molar-refractivity contribution >= 4 is 5.91 Å². The Labute approximate surface area is 174 Å². The molecule has 3 rings (SSSR count). The Morgan fingerprint density at radius 2 is 1.58 bits per heavy atom. The average Bonchev–Trinajstić information content (AvgIpc) is 2.70. The lowest BCUT2D eigenvalue weighted by Gasteiger charge is -2.40. The van der Waals surface area contributed by atoms with E-state index in [2.05, 4.69) is 5.32 Å². The third-order valence-electron chi connectivity index (χ3n) is 5.17. The van der Waals surface area contributed by atoms with Crippen LogP contribution >= 0.6 is 0 Å². The SMILES string of the molecule is N[C@H]1CC[C@@](COCc2cc(C(F)(F)F)cc(C(F)(F)F)c2)(c2ccccc2)NC1=O. The number of ether oxygens (including phenoxy) is 1. The van der Waals surface area contributed by atoms with E-state index in [0.717, 1.165) is 0 Å². The molecule has 2 aromatic carbocycles. The lowest BCUT2D eigenvalue weighted by Crippen LogP contribution is -2.58. The fourth-order valence-electron chi connectivity index (χ4n) is 3.54. The van der Waals surface area contributed by atoms with Gasteiger partial charge in [-0.15, -0.1) is 0 Å². The lowest BCUT2D eigenvalue weighted by atomic mass is 9.81. The minimum absolute atomic E-state index is 0.0672. The summed E-state index contributed by atoms with van der Waals surface area (Å²) in [6, 6.07) is 9.40. The van der Waals surface area contributed by atoms with Crippen LogP contribution in [0.4, 0.5) is 26.3 Å². The van der Waals surface area contributed by atoms with Gasteiger partial charge in [-0.2, -0.15) is 26.3 Å². The van der Waals surface area contributed by atoms with Crippen LogP contribution in [0.5, 0.6) is 0 Å². The van der Waals surface area contributed by atoms with Crippen molar-refractivity contribution in [3.63, 3.8) is 0 Å². The zero-order chi connectivity index (χ0) is 22.9. The highest BCUT2D eigenvalue weighted by atomic mass is 19.4. The van der Waals surface area contributed by atoms with Crippen molar-refractivity contribution in [3.05, 3.63) is 70.8 Å². The number of nitrogens with one attached hydrogen (secondary N) is 1. The maximum absolute atomic E-state index is 13.0. The van der Waals surface area contributed by atoms with Crippen LogP contribution in [-0.2, 0) is 34.0 Å². The summed E-state index contributed by atoms with van der Waals surface area (Å²) < 4.78 is 83.8. The van der Waals surface area contributed by atoms with E-state index in [1.165, 1.54) is 0 Å². The second-order valence-electron chi connectivity index (χ2n) is 7.49. The highest BCUT2D eigenvalue weighted by molar-refractivity contribution is 5.83. The summed E-state index contributed by atoms with van der Waals surface area (Å²) in [5.41, 5.74) is 2.38. The number of amides is 1. The quantitative estimate of drug-likeness (QED) is 0.671. The molecule has 0 aromatic heterocycles. The molecule has 0 aliphatic carbocycles. The number of rotatable bonds is 5. The molecule has 2 atom stereocenters. The monoisotopic (exact) mass is 446 g/mol. The van der Waals surface area contributed by atoms with Crippen molar-refractivity contribution in [1.29, 1.82) is 0 Å². The fraction of sp³-hybridized carbons (Fsp3) is 0.381. The molecular weight excluding hydrogens is 426 g/mol. The molecule has 1 fully saturated rings. The van der Waals surface area contributed by atoms with Crippen molar-refractivity contribution in [1.82, 2.24) is 5.32 Å². The molecular formula is C21H20F6N2O2. The van der Waals surface area contributed by atoms with E-state index in [1.54, 1.807) is 30.3 Å². The van der Waals surface area contributed by atoms with Gasteiger partial charge in [-0.3, -0.25) is 4.79 Å². The molecule has 2 aromatic rings. The summed E-state index contributed by atoms with van der Waals surface area (Å²) in [6.45, 7) is -0.642. The predicted octanol–water partition coefficient (Wildman–Crippen LogP) is 4.37. The van der Waals surface area contributed by atoms with E-state index in [1.807, 2.05) is 0 Å². The minimum atomic E-state index is -4.94. The molecule has 1 heterocycles. The standard InChI is InChI=1S/C21H20F6N2O2/c22-20(23,24)15-8-13(9-16(10-15)21(25,26)27)11-31-12-19(14-4-2-1-3-5-14)7-6-17(28)18(30)29-19/h1-5,8-10,17H,6-7,11-12,28H2,(H,29,30)/t17-,19+/m0/s1. The second-order valence-corrected chi connectivity index (χ2v) is 7.49. The topological polar surface area (TPSA) is 64.3 Å². The Morgan fingerprint density at radius 1 is 1.00 bits per heavy atom. The van der Waals surface area contributed by atoms with Gasteiger partial charge in [0.15, 0.2) is 0 Å². The summed E-state index contributed by atoms with van der Waals surface area (Å²) >= 11 is 0. The molecule has 1 amide bonds. The average molecular weight is 446 g/mol. The van der Waals surface area contributed by atoms with Gasteiger partial charge in [0.05, 0.1) is 35.9 Å². The third-order valence-corrected chi connectivity index (χ3v) is 5.17. The summed E-state index contributed by atoms with van der Waals surface area (Å²) in [4.78, 5) is 12.2. The summed E-state index contributed by atoms with van der Waals surface area (Å²) in [5.74, 6) is -0.405. The second kappa shape index (κ2) is 8.51. The van der Waals surface area contributed by atoms with Crippen LogP contribution in [0.15, 0.2) is 48.5 Å². The number of alkyl halides is 6. The molecule has 1 aliphatic rings. The van der Waals surface area contributed by atoms with E-state index in [-0.39, 0.29) is 18.2 Å². The van der Waals surface area contributed by atoms with Gasteiger partial charge in [-0.05, 0) is 42.2 Å². The first-order valence-corrected chi connectivity index (χ1v) is 9.40. The summed E-state index contributed by atoms with van der Waals surface area (Å²) in [6.07, 6.45) is -9.12. The van der Waals surface area contributed by atoms with Crippen LogP contribution in [0.25, 0.3) is 0 Å². The Hall–Kier alpha value is -2.59. The van der Waals surface area contributed by atoms with E-state index in [9.17, 15) is 31.1 Å². The largest absolute Gasteiger partial charge is 0.416 e. The molecule has 168 valence electrons. The molecule has 1 aliphatic heterocycles. The zero-order valence-electron chi connectivity index (χ0n) is 16.2. The molecule has 0 saturated carbocycles. The zero-order valence-corrected chi connectivity index (χ0v) is 16.2. The van der Waals surface area contributed by atoms with Crippen molar-refractivity contribution < 1.29 is 35.9 Å². The van der Waals surface area contributed by atoms with Gasteiger partial charge in [0.2, 0.25) is 5.91 Å². The Balaban J connectivity index is 1.83. The smallest absolute Gasteiger partial charge is 0.374 e. The number of piperidine rings is 1. The first kappa shape index (κ1) is 23.1. The molecule has 0 unspecified atom stereocenters. The van der Waals surface area contributed by atoms with Gasteiger partial charge in [0.25, 0.3) is 0 Å². The summed E-state index contributed by atoms with van der Waals surface area (Å²) in [7, 11) is 0. The molecule has 1 saturated heterocycles. The number of benzene rings is 2. The number of hydrogen-bond acceptors (Lipinski definition) is 3. The number of halogens is 6. The maximum Gasteiger partial charge on any atom is 0.416 e.